The molecule has 1 aromatic carbocycles. The van der Waals surface area contributed by atoms with Gasteiger partial charge in [0.15, 0.2) is 0 Å². The van der Waals surface area contributed by atoms with Crippen LogP contribution in [-0.4, -0.2) is 16.1 Å². The van der Waals surface area contributed by atoms with Crippen molar-refractivity contribution >= 4 is 33.2 Å². The number of hydrogen-bond acceptors (Lipinski definition) is 3. The fourth-order valence-electron chi connectivity index (χ4n) is 1.83. The minimum absolute atomic E-state index is 0.358. The van der Waals surface area contributed by atoms with E-state index in [1.165, 1.54) is 11.3 Å². The fourth-order valence-corrected chi connectivity index (χ4v) is 3.09. The zero-order chi connectivity index (χ0) is 12.7. The lowest BCUT2D eigenvalue weighted by molar-refractivity contribution is 0.0700. The standard InChI is InChI=1S/C13H10BrNO2S/c14-9-5-3-8(4-6-9)12-15-10(7-1-2-7)11(18-12)13(16)17/h3-7H,1-2H2,(H,16,17). The number of thiazole rings is 1. The number of halogens is 1. The Hall–Kier alpha value is -1.20. The van der Waals surface area contributed by atoms with Crippen molar-refractivity contribution < 1.29 is 9.90 Å². The van der Waals surface area contributed by atoms with Gasteiger partial charge in [0, 0.05) is 16.0 Å². The van der Waals surface area contributed by atoms with Crippen LogP contribution in [0.3, 0.4) is 0 Å². The van der Waals surface area contributed by atoms with Crippen LogP contribution in [0.5, 0.6) is 0 Å². The van der Waals surface area contributed by atoms with E-state index in [2.05, 4.69) is 20.9 Å². The van der Waals surface area contributed by atoms with E-state index in [-0.39, 0.29) is 0 Å². The quantitative estimate of drug-likeness (QED) is 0.923. The topological polar surface area (TPSA) is 50.2 Å². The van der Waals surface area contributed by atoms with Gasteiger partial charge in [0.1, 0.15) is 9.88 Å². The third-order valence-corrected chi connectivity index (χ3v) is 4.54. The lowest BCUT2D eigenvalue weighted by Crippen LogP contribution is -1.97. The van der Waals surface area contributed by atoms with E-state index in [1.807, 2.05) is 24.3 Å². The Bertz CT molecular complexity index is 602. The van der Waals surface area contributed by atoms with Crippen LogP contribution in [0, 0.1) is 0 Å². The summed E-state index contributed by atoms with van der Waals surface area (Å²) in [4.78, 5) is 16.1. The molecule has 0 saturated heterocycles. The van der Waals surface area contributed by atoms with E-state index in [0.29, 0.717) is 10.8 Å². The second-order valence-electron chi connectivity index (χ2n) is 4.32. The SMILES string of the molecule is O=C(O)c1sc(-c2ccc(Br)cc2)nc1C1CC1. The van der Waals surface area contributed by atoms with E-state index in [4.69, 9.17) is 0 Å². The number of aromatic carboxylic acids is 1. The summed E-state index contributed by atoms with van der Waals surface area (Å²) >= 11 is 4.65. The molecule has 1 aliphatic rings. The highest BCUT2D eigenvalue weighted by Gasteiger charge is 2.32. The number of hydrogen-bond donors (Lipinski definition) is 1. The number of benzene rings is 1. The summed E-state index contributed by atoms with van der Waals surface area (Å²) < 4.78 is 1.00. The van der Waals surface area contributed by atoms with Gasteiger partial charge in [-0.25, -0.2) is 9.78 Å². The first kappa shape index (κ1) is 11.9. The second-order valence-corrected chi connectivity index (χ2v) is 6.23. The average molecular weight is 324 g/mol. The molecule has 0 atom stereocenters. The lowest BCUT2D eigenvalue weighted by Gasteiger charge is -1.95. The highest BCUT2D eigenvalue weighted by atomic mass is 79.9. The number of carbonyl (C=O) groups is 1. The molecule has 1 aliphatic carbocycles. The number of carboxylic acids is 1. The summed E-state index contributed by atoms with van der Waals surface area (Å²) in [6.07, 6.45) is 2.12. The van der Waals surface area contributed by atoms with Gasteiger partial charge in [-0.1, -0.05) is 28.1 Å². The molecule has 1 heterocycles. The maximum atomic E-state index is 11.2. The molecule has 1 saturated carbocycles. The Morgan fingerprint density at radius 2 is 2.00 bits per heavy atom. The van der Waals surface area contributed by atoms with E-state index in [0.717, 1.165) is 33.6 Å². The molecule has 0 radical (unpaired) electrons. The first-order valence-electron chi connectivity index (χ1n) is 5.65. The molecule has 0 spiro atoms. The summed E-state index contributed by atoms with van der Waals surface area (Å²) in [6.45, 7) is 0. The van der Waals surface area contributed by atoms with E-state index in [9.17, 15) is 9.90 Å². The predicted octanol–water partition coefficient (Wildman–Crippen LogP) is 4.15. The third kappa shape index (κ3) is 2.20. The van der Waals surface area contributed by atoms with Crippen LogP contribution in [-0.2, 0) is 0 Å². The Kier molecular flexibility index (Phi) is 2.95. The molecule has 5 heteroatoms. The largest absolute Gasteiger partial charge is 0.477 e. The van der Waals surface area contributed by atoms with Crippen LogP contribution in [0.2, 0.25) is 0 Å². The van der Waals surface area contributed by atoms with Gasteiger partial charge in [-0.3, -0.25) is 0 Å². The van der Waals surface area contributed by atoms with E-state index < -0.39 is 5.97 Å². The maximum Gasteiger partial charge on any atom is 0.347 e. The monoisotopic (exact) mass is 323 g/mol. The molecule has 1 N–H and O–H groups in total. The minimum atomic E-state index is -0.863. The molecular weight excluding hydrogens is 314 g/mol. The normalized spacial score (nSPS) is 14.7. The average Bonchev–Trinajstić information content (AvgIpc) is 3.09. The Labute approximate surface area is 117 Å². The zero-order valence-electron chi connectivity index (χ0n) is 9.39. The molecular formula is C13H10BrNO2S. The van der Waals surface area contributed by atoms with Crippen LogP contribution in [0.15, 0.2) is 28.7 Å². The van der Waals surface area contributed by atoms with Crippen molar-refractivity contribution in [1.29, 1.82) is 0 Å². The van der Waals surface area contributed by atoms with Crippen LogP contribution in [0.1, 0.15) is 34.1 Å². The Morgan fingerprint density at radius 1 is 1.33 bits per heavy atom. The van der Waals surface area contributed by atoms with Gasteiger partial charge in [-0.15, -0.1) is 11.3 Å². The van der Waals surface area contributed by atoms with Gasteiger partial charge in [0.05, 0.1) is 5.69 Å². The summed E-state index contributed by atoms with van der Waals surface area (Å²) in [7, 11) is 0. The second kappa shape index (κ2) is 4.48. The highest BCUT2D eigenvalue weighted by Crippen LogP contribution is 2.44. The van der Waals surface area contributed by atoms with E-state index in [1.54, 1.807) is 0 Å². The first-order chi connectivity index (χ1) is 8.65. The number of aromatic nitrogens is 1. The summed E-state index contributed by atoms with van der Waals surface area (Å²) in [5, 5.41) is 10.0. The predicted molar refractivity (Wildman–Crippen MR) is 74.2 cm³/mol. The van der Waals surface area contributed by atoms with Gasteiger partial charge in [-0.2, -0.15) is 0 Å². The molecule has 0 amide bonds. The van der Waals surface area contributed by atoms with Gasteiger partial charge < -0.3 is 5.11 Å². The molecule has 0 bridgehead atoms. The molecule has 18 heavy (non-hydrogen) atoms. The maximum absolute atomic E-state index is 11.2. The van der Waals surface area contributed by atoms with Crippen molar-refractivity contribution in [3.05, 3.63) is 39.3 Å². The zero-order valence-corrected chi connectivity index (χ0v) is 11.8. The molecule has 1 fully saturated rings. The van der Waals surface area contributed by atoms with Gasteiger partial charge in [0.25, 0.3) is 0 Å². The number of carboxylic acid groups (broad SMARTS) is 1. The summed E-state index contributed by atoms with van der Waals surface area (Å²) in [5.74, 6) is -0.505. The Morgan fingerprint density at radius 3 is 2.56 bits per heavy atom. The van der Waals surface area contributed by atoms with Crippen LogP contribution in [0.25, 0.3) is 10.6 Å². The molecule has 0 aliphatic heterocycles. The molecule has 2 aromatic rings. The number of nitrogens with zero attached hydrogens (tertiary/aromatic N) is 1. The molecule has 0 unspecified atom stereocenters. The smallest absolute Gasteiger partial charge is 0.347 e. The van der Waals surface area contributed by atoms with Gasteiger partial charge in [-0.05, 0) is 25.0 Å². The van der Waals surface area contributed by atoms with Crippen molar-refractivity contribution in [2.75, 3.05) is 0 Å². The number of rotatable bonds is 3. The lowest BCUT2D eigenvalue weighted by atomic mass is 10.2. The van der Waals surface area contributed by atoms with Crippen molar-refractivity contribution in [2.45, 2.75) is 18.8 Å². The minimum Gasteiger partial charge on any atom is -0.477 e. The fraction of sp³-hybridized carbons (Fsp3) is 0.231. The van der Waals surface area contributed by atoms with Crippen molar-refractivity contribution in [3.63, 3.8) is 0 Å². The van der Waals surface area contributed by atoms with Crippen molar-refractivity contribution in [1.82, 2.24) is 4.98 Å². The van der Waals surface area contributed by atoms with Gasteiger partial charge >= 0.3 is 5.97 Å². The summed E-state index contributed by atoms with van der Waals surface area (Å²) in [5.41, 5.74) is 1.74. The van der Waals surface area contributed by atoms with Gasteiger partial charge in [0.2, 0.25) is 0 Å². The summed E-state index contributed by atoms with van der Waals surface area (Å²) in [6, 6.07) is 7.78. The molecule has 1 aromatic heterocycles. The molecule has 3 rings (SSSR count). The van der Waals surface area contributed by atoms with Crippen LogP contribution >= 0.6 is 27.3 Å². The molecule has 3 nitrogen and oxygen atoms in total. The van der Waals surface area contributed by atoms with Crippen LogP contribution < -0.4 is 0 Å². The Balaban J connectivity index is 2.04. The molecule has 92 valence electrons. The van der Waals surface area contributed by atoms with Crippen molar-refractivity contribution in [2.24, 2.45) is 0 Å². The first-order valence-corrected chi connectivity index (χ1v) is 7.26. The van der Waals surface area contributed by atoms with Crippen molar-refractivity contribution in [3.8, 4) is 10.6 Å². The third-order valence-electron chi connectivity index (χ3n) is 2.90. The highest BCUT2D eigenvalue weighted by molar-refractivity contribution is 9.10. The van der Waals surface area contributed by atoms with E-state index >= 15 is 0 Å². The van der Waals surface area contributed by atoms with Crippen LogP contribution in [0.4, 0.5) is 0 Å².